The molecule has 0 aliphatic rings. The fourth-order valence-electron chi connectivity index (χ4n) is 2.17. The average Bonchev–Trinajstić information content (AvgIpc) is 2.39. The molecule has 0 aliphatic carbocycles. The van der Waals surface area contributed by atoms with Crippen molar-refractivity contribution in [1.29, 1.82) is 0 Å². The quantitative estimate of drug-likeness (QED) is 0.864. The number of carbonyl (C=O) groups is 1. The highest BCUT2D eigenvalue weighted by Gasteiger charge is 2.17. The molecule has 5 heteroatoms. The third-order valence-electron chi connectivity index (χ3n) is 3.34. The summed E-state index contributed by atoms with van der Waals surface area (Å²) in [4.78, 5) is 15.8. The second kappa shape index (κ2) is 7.64. The van der Waals surface area contributed by atoms with E-state index in [1.165, 1.54) is 0 Å². The van der Waals surface area contributed by atoms with Crippen LogP contribution in [-0.2, 0) is 4.79 Å². The molecular weight excluding hydrogens is 320 g/mol. The van der Waals surface area contributed by atoms with E-state index in [1.807, 2.05) is 44.0 Å². The maximum absolute atomic E-state index is 12.2. The largest absolute Gasteiger partial charge is 0.389 e. The zero-order chi connectivity index (χ0) is 15.3. The highest BCUT2D eigenvalue weighted by Crippen LogP contribution is 2.29. The van der Waals surface area contributed by atoms with Crippen LogP contribution in [0.2, 0.25) is 0 Å². The van der Waals surface area contributed by atoms with Crippen LogP contribution in [0.4, 0.5) is 5.69 Å². The molecule has 1 N–H and O–H groups in total. The lowest BCUT2D eigenvalue weighted by atomic mass is 10.1. The van der Waals surface area contributed by atoms with Gasteiger partial charge < -0.3 is 14.9 Å². The third-order valence-corrected chi connectivity index (χ3v) is 3.84. The Bertz CT molecular complexity index is 459. The minimum atomic E-state index is -0.566. The molecule has 112 valence electrons. The minimum absolute atomic E-state index is 0.0917. The Morgan fingerprint density at radius 1 is 1.35 bits per heavy atom. The first-order chi connectivity index (χ1) is 9.40. The van der Waals surface area contributed by atoms with Crippen LogP contribution in [0.1, 0.15) is 32.4 Å². The molecule has 1 rings (SSSR count). The summed E-state index contributed by atoms with van der Waals surface area (Å²) in [5, 5.41) is 9.84. The molecular formula is C15H23BrN2O2. The Labute approximate surface area is 129 Å². The maximum Gasteiger partial charge on any atom is 0.242 e. The predicted octanol–water partition coefficient (Wildman–Crippen LogP) is 2.81. The molecule has 1 atom stereocenters. The van der Waals surface area contributed by atoms with Gasteiger partial charge in [-0.05, 0) is 32.9 Å². The van der Waals surface area contributed by atoms with Crippen LogP contribution in [0.5, 0.6) is 0 Å². The van der Waals surface area contributed by atoms with E-state index in [0.717, 1.165) is 15.7 Å². The van der Waals surface area contributed by atoms with Crippen LogP contribution < -0.4 is 4.90 Å². The first-order valence-corrected chi connectivity index (χ1v) is 7.66. The SMILES string of the molecule is CCN(CC)C(=O)CN(C)c1cc(Br)ccc1C(C)O. The van der Waals surface area contributed by atoms with E-state index in [4.69, 9.17) is 0 Å². The van der Waals surface area contributed by atoms with Gasteiger partial charge in [0.25, 0.3) is 0 Å². The number of amides is 1. The topological polar surface area (TPSA) is 43.8 Å². The van der Waals surface area contributed by atoms with E-state index < -0.39 is 6.10 Å². The number of rotatable bonds is 6. The third kappa shape index (κ3) is 4.21. The van der Waals surface area contributed by atoms with Crippen molar-refractivity contribution in [3.05, 3.63) is 28.2 Å². The number of hydrogen-bond acceptors (Lipinski definition) is 3. The first-order valence-electron chi connectivity index (χ1n) is 6.87. The Hall–Kier alpha value is -1.07. The fraction of sp³-hybridized carbons (Fsp3) is 0.533. The number of hydrogen-bond donors (Lipinski definition) is 1. The second-order valence-corrected chi connectivity index (χ2v) is 5.72. The van der Waals surface area contributed by atoms with Crippen molar-refractivity contribution >= 4 is 27.5 Å². The summed E-state index contributed by atoms with van der Waals surface area (Å²) in [5.41, 5.74) is 1.69. The van der Waals surface area contributed by atoms with Gasteiger partial charge >= 0.3 is 0 Å². The van der Waals surface area contributed by atoms with Crippen molar-refractivity contribution in [2.75, 3.05) is 31.6 Å². The molecule has 1 unspecified atom stereocenters. The molecule has 0 aromatic heterocycles. The number of aliphatic hydroxyl groups excluding tert-OH is 1. The zero-order valence-electron chi connectivity index (χ0n) is 12.6. The lowest BCUT2D eigenvalue weighted by Crippen LogP contribution is -2.39. The molecule has 0 bridgehead atoms. The van der Waals surface area contributed by atoms with Crippen molar-refractivity contribution in [2.45, 2.75) is 26.9 Å². The molecule has 0 radical (unpaired) electrons. The van der Waals surface area contributed by atoms with Gasteiger partial charge in [0.1, 0.15) is 0 Å². The number of aliphatic hydroxyl groups is 1. The molecule has 0 fully saturated rings. The lowest BCUT2D eigenvalue weighted by Gasteiger charge is -2.26. The van der Waals surface area contributed by atoms with Gasteiger partial charge in [0, 0.05) is 35.9 Å². The predicted molar refractivity (Wildman–Crippen MR) is 86.0 cm³/mol. The van der Waals surface area contributed by atoms with Gasteiger partial charge in [-0.2, -0.15) is 0 Å². The van der Waals surface area contributed by atoms with E-state index in [-0.39, 0.29) is 5.91 Å². The summed E-state index contributed by atoms with van der Waals surface area (Å²) in [5.74, 6) is 0.0917. The summed E-state index contributed by atoms with van der Waals surface area (Å²) in [6.45, 7) is 7.41. The zero-order valence-corrected chi connectivity index (χ0v) is 14.1. The number of halogens is 1. The van der Waals surface area contributed by atoms with Crippen LogP contribution in [0, 0.1) is 0 Å². The molecule has 4 nitrogen and oxygen atoms in total. The highest BCUT2D eigenvalue weighted by atomic mass is 79.9. The molecule has 0 saturated carbocycles. The fourth-order valence-corrected chi connectivity index (χ4v) is 2.51. The monoisotopic (exact) mass is 342 g/mol. The number of nitrogens with zero attached hydrogens (tertiary/aromatic N) is 2. The Morgan fingerprint density at radius 2 is 1.95 bits per heavy atom. The van der Waals surface area contributed by atoms with Crippen molar-refractivity contribution in [3.63, 3.8) is 0 Å². The normalized spacial score (nSPS) is 12.1. The summed E-state index contributed by atoms with van der Waals surface area (Å²) in [6, 6.07) is 5.70. The molecule has 0 heterocycles. The molecule has 0 spiro atoms. The van der Waals surface area contributed by atoms with Gasteiger partial charge in [-0.15, -0.1) is 0 Å². The Kier molecular flexibility index (Phi) is 6.49. The van der Waals surface area contributed by atoms with E-state index in [9.17, 15) is 9.90 Å². The van der Waals surface area contributed by atoms with Crippen molar-refractivity contribution in [2.24, 2.45) is 0 Å². The van der Waals surface area contributed by atoms with Crippen molar-refractivity contribution < 1.29 is 9.90 Å². The van der Waals surface area contributed by atoms with E-state index in [0.29, 0.717) is 19.6 Å². The minimum Gasteiger partial charge on any atom is -0.389 e. The van der Waals surface area contributed by atoms with Gasteiger partial charge in [-0.3, -0.25) is 4.79 Å². The number of benzene rings is 1. The van der Waals surface area contributed by atoms with Gasteiger partial charge in [0.2, 0.25) is 5.91 Å². The van der Waals surface area contributed by atoms with Crippen molar-refractivity contribution in [3.8, 4) is 0 Å². The van der Waals surface area contributed by atoms with Crippen LogP contribution >= 0.6 is 15.9 Å². The van der Waals surface area contributed by atoms with Gasteiger partial charge in [0.15, 0.2) is 0 Å². The molecule has 20 heavy (non-hydrogen) atoms. The van der Waals surface area contributed by atoms with Gasteiger partial charge in [-0.25, -0.2) is 0 Å². The summed E-state index contributed by atoms with van der Waals surface area (Å²) >= 11 is 3.43. The molecule has 0 aliphatic heterocycles. The summed E-state index contributed by atoms with van der Waals surface area (Å²) in [6.07, 6.45) is -0.566. The standard InChI is InChI=1S/C15H23BrN2O2/c1-5-18(6-2)15(20)10-17(4)14-9-12(16)7-8-13(14)11(3)19/h7-9,11,19H,5-6,10H2,1-4H3. The Balaban J connectivity index is 2.94. The number of likely N-dealkylation sites (N-methyl/N-ethyl adjacent to an activating group) is 2. The van der Waals surface area contributed by atoms with Gasteiger partial charge in [0.05, 0.1) is 12.6 Å². The van der Waals surface area contributed by atoms with Crippen LogP contribution in [0.15, 0.2) is 22.7 Å². The maximum atomic E-state index is 12.2. The van der Waals surface area contributed by atoms with Crippen LogP contribution in [-0.4, -0.2) is 42.6 Å². The van der Waals surface area contributed by atoms with E-state index in [1.54, 1.807) is 11.8 Å². The lowest BCUT2D eigenvalue weighted by molar-refractivity contribution is -0.129. The molecule has 1 aromatic rings. The summed E-state index contributed by atoms with van der Waals surface area (Å²) < 4.78 is 0.930. The van der Waals surface area contributed by atoms with Crippen molar-refractivity contribution in [1.82, 2.24) is 4.90 Å². The number of anilines is 1. The second-order valence-electron chi connectivity index (χ2n) is 4.80. The van der Waals surface area contributed by atoms with Crippen LogP contribution in [0.3, 0.4) is 0 Å². The molecule has 1 amide bonds. The first kappa shape index (κ1) is 17.0. The Morgan fingerprint density at radius 3 is 2.45 bits per heavy atom. The molecule has 1 aromatic carbocycles. The molecule has 0 saturated heterocycles. The smallest absolute Gasteiger partial charge is 0.242 e. The van der Waals surface area contributed by atoms with E-state index >= 15 is 0 Å². The highest BCUT2D eigenvalue weighted by molar-refractivity contribution is 9.10. The van der Waals surface area contributed by atoms with Crippen LogP contribution in [0.25, 0.3) is 0 Å². The van der Waals surface area contributed by atoms with Gasteiger partial charge in [-0.1, -0.05) is 22.0 Å². The summed E-state index contributed by atoms with van der Waals surface area (Å²) in [7, 11) is 1.87. The average molecular weight is 343 g/mol. The van der Waals surface area contributed by atoms with E-state index in [2.05, 4.69) is 15.9 Å². The number of carbonyl (C=O) groups excluding carboxylic acids is 1.